The van der Waals surface area contributed by atoms with Crippen molar-refractivity contribution in [3.05, 3.63) is 29.6 Å². The number of aliphatic hydroxyl groups excluding tert-OH is 2. The zero-order valence-electron chi connectivity index (χ0n) is 9.40. The van der Waals surface area contributed by atoms with Crippen molar-refractivity contribution in [3.8, 4) is 0 Å². The largest absolute Gasteiger partial charge is 0.399 e. The minimum Gasteiger partial charge on any atom is -0.399 e. The Labute approximate surface area is 98.1 Å². The summed E-state index contributed by atoms with van der Waals surface area (Å²) in [5.74, 6) is -1.46. The summed E-state index contributed by atoms with van der Waals surface area (Å²) in [6.07, 6.45) is 0. The number of amides is 1. The molecule has 0 radical (unpaired) electrons. The molecule has 0 heterocycles. The first-order valence-electron chi connectivity index (χ1n) is 5.01. The van der Waals surface area contributed by atoms with Gasteiger partial charge in [0.25, 0.3) is 5.91 Å². The van der Waals surface area contributed by atoms with Crippen LogP contribution in [0, 0.1) is 5.82 Å². The third-order valence-electron chi connectivity index (χ3n) is 2.35. The van der Waals surface area contributed by atoms with E-state index in [4.69, 9.17) is 15.9 Å². The van der Waals surface area contributed by atoms with E-state index < -0.39 is 30.5 Å². The van der Waals surface area contributed by atoms with E-state index in [2.05, 4.69) is 5.32 Å². The molecule has 17 heavy (non-hydrogen) atoms. The Morgan fingerprint density at radius 3 is 2.53 bits per heavy atom. The summed E-state index contributed by atoms with van der Waals surface area (Å²) in [5, 5.41) is 20.4. The van der Waals surface area contributed by atoms with E-state index in [1.165, 1.54) is 19.1 Å². The van der Waals surface area contributed by atoms with Gasteiger partial charge in [-0.1, -0.05) is 0 Å². The summed E-state index contributed by atoms with van der Waals surface area (Å²) in [6.45, 7) is 0.539. The molecule has 1 rings (SSSR count). The van der Waals surface area contributed by atoms with E-state index in [0.29, 0.717) is 0 Å². The first-order chi connectivity index (χ1) is 7.91. The number of rotatable bonds is 4. The maximum atomic E-state index is 13.4. The highest BCUT2D eigenvalue weighted by atomic mass is 19.1. The van der Waals surface area contributed by atoms with E-state index in [1.54, 1.807) is 0 Å². The van der Waals surface area contributed by atoms with Crippen molar-refractivity contribution in [1.29, 1.82) is 0 Å². The quantitative estimate of drug-likeness (QED) is 0.553. The van der Waals surface area contributed by atoms with Gasteiger partial charge < -0.3 is 21.3 Å². The van der Waals surface area contributed by atoms with Crippen molar-refractivity contribution in [2.45, 2.75) is 12.5 Å². The molecule has 94 valence electrons. The van der Waals surface area contributed by atoms with Gasteiger partial charge in [0.05, 0.1) is 24.3 Å². The predicted molar refractivity (Wildman–Crippen MR) is 60.9 cm³/mol. The molecule has 1 aromatic carbocycles. The number of nitrogens with two attached hydrogens (primary N) is 1. The molecule has 0 spiro atoms. The lowest BCUT2D eigenvalue weighted by atomic mass is 10.0. The number of nitrogens with one attached hydrogen (secondary N) is 1. The molecule has 0 unspecified atom stereocenters. The van der Waals surface area contributed by atoms with Crippen LogP contribution in [0.1, 0.15) is 17.3 Å². The average Bonchev–Trinajstić information content (AvgIpc) is 2.28. The van der Waals surface area contributed by atoms with Crippen molar-refractivity contribution in [1.82, 2.24) is 5.32 Å². The van der Waals surface area contributed by atoms with Crippen LogP contribution in [0.25, 0.3) is 0 Å². The molecule has 0 aliphatic rings. The number of carbonyl (C=O) groups is 1. The minimum absolute atomic E-state index is 0.188. The lowest BCUT2D eigenvalue weighted by Gasteiger charge is -2.26. The molecule has 0 saturated carbocycles. The Hall–Kier alpha value is -1.66. The number of halogens is 1. The van der Waals surface area contributed by atoms with Gasteiger partial charge in [0, 0.05) is 5.69 Å². The van der Waals surface area contributed by atoms with E-state index in [-0.39, 0.29) is 11.3 Å². The Bertz CT molecular complexity index is 419. The first kappa shape index (κ1) is 13.4. The van der Waals surface area contributed by atoms with Gasteiger partial charge in [0.1, 0.15) is 5.82 Å². The molecule has 0 aliphatic heterocycles. The molecule has 5 N–H and O–H groups in total. The number of anilines is 1. The molecule has 0 saturated heterocycles. The van der Waals surface area contributed by atoms with E-state index in [1.807, 2.05) is 0 Å². The van der Waals surface area contributed by atoms with Crippen LogP contribution in [-0.2, 0) is 0 Å². The lowest BCUT2D eigenvalue weighted by Crippen LogP contribution is -2.51. The molecule has 0 aliphatic carbocycles. The summed E-state index contributed by atoms with van der Waals surface area (Å²) in [5.41, 5.74) is 4.19. The van der Waals surface area contributed by atoms with Crippen LogP contribution >= 0.6 is 0 Å². The molecule has 0 atom stereocenters. The monoisotopic (exact) mass is 242 g/mol. The Morgan fingerprint density at radius 2 is 2.06 bits per heavy atom. The topological polar surface area (TPSA) is 95.6 Å². The first-order valence-corrected chi connectivity index (χ1v) is 5.01. The normalized spacial score (nSPS) is 11.3. The second-order valence-electron chi connectivity index (χ2n) is 4.07. The number of carbonyl (C=O) groups excluding carboxylic acids is 1. The Kier molecular flexibility index (Phi) is 4.03. The minimum atomic E-state index is -1.19. The van der Waals surface area contributed by atoms with E-state index in [9.17, 15) is 9.18 Å². The lowest BCUT2D eigenvalue weighted by molar-refractivity contribution is 0.0720. The molecular formula is C11H15FN2O3. The number of hydrogen-bond donors (Lipinski definition) is 4. The van der Waals surface area contributed by atoms with Crippen LogP contribution < -0.4 is 11.1 Å². The third-order valence-corrected chi connectivity index (χ3v) is 2.35. The van der Waals surface area contributed by atoms with Gasteiger partial charge in [-0.25, -0.2) is 4.39 Å². The number of nitrogen functional groups attached to an aromatic ring is 1. The molecule has 1 amide bonds. The van der Waals surface area contributed by atoms with Crippen molar-refractivity contribution < 1.29 is 19.4 Å². The van der Waals surface area contributed by atoms with Gasteiger partial charge in [-0.2, -0.15) is 0 Å². The van der Waals surface area contributed by atoms with Crippen LogP contribution in [-0.4, -0.2) is 34.9 Å². The summed E-state index contributed by atoms with van der Waals surface area (Å²) in [7, 11) is 0. The highest BCUT2D eigenvalue weighted by molar-refractivity contribution is 5.95. The van der Waals surface area contributed by atoms with Gasteiger partial charge in [0.2, 0.25) is 0 Å². The van der Waals surface area contributed by atoms with Gasteiger partial charge in [-0.15, -0.1) is 0 Å². The number of hydrogen-bond acceptors (Lipinski definition) is 4. The SMILES string of the molecule is CC(CO)(CO)NC(=O)c1ccc(N)cc1F. The standard InChI is InChI=1S/C11H15FN2O3/c1-11(5-15,6-16)14-10(17)8-3-2-7(13)4-9(8)12/h2-4,15-16H,5-6,13H2,1H3,(H,14,17). The number of aliphatic hydroxyl groups is 2. The van der Waals surface area contributed by atoms with Crippen LogP contribution in [0.3, 0.4) is 0 Å². The van der Waals surface area contributed by atoms with Gasteiger partial charge in [-0.05, 0) is 25.1 Å². The molecule has 0 fully saturated rings. The summed E-state index contributed by atoms with van der Waals surface area (Å²) >= 11 is 0. The number of benzene rings is 1. The maximum Gasteiger partial charge on any atom is 0.254 e. The van der Waals surface area contributed by atoms with Crippen LogP contribution in [0.4, 0.5) is 10.1 Å². The second kappa shape index (κ2) is 5.11. The van der Waals surface area contributed by atoms with E-state index in [0.717, 1.165) is 6.07 Å². The van der Waals surface area contributed by atoms with Gasteiger partial charge in [0.15, 0.2) is 0 Å². The summed E-state index contributed by atoms with van der Waals surface area (Å²) < 4.78 is 13.4. The third kappa shape index (κ3) is 3.15. The maximum absolute atomic E-state index is 13.4. The van der Waals surface area contributed by atoms with Gasteiger partial charge in [-0.3, -0.25) is 4.79 Å². The molecular weight excluding hydrogens is 227 g/mol. The van der Waals surface area contributed by atoms with E-state index >= 15 is 0 Å². The van der Waals surface area contributed by atoms with Crippen LogP contribution in [0.15, 0.2) is 18.2 Å². The van der Waals surface area contributed by atoms with Crippen molar-refractivity contribution >= 4 is 11.6 Å². The Morgan fingerprint density at radius 1 is 1.47 bits per heavy atom. The predicted octanol–water partition coefficient (Wildman–Crippen LogP) is -0.119. The second-order valence-corrected chi connectivity index (χ2v) is 4.07. The molecule has 5 nitrogen and oxygen atoms in total. The molecule has 0 bridgehead atoms. The highest BCUT2D eigenvalue weighted by Gasteiger charge is 2.26. The Balaban J connectivity index is 2.90. The van der Waals surface area contributed by atoms with Crippen LogP contribution in [0.5, 0.6) is 0 Å². The highest BCUT2D eigenvalue weighted by Crippen LogP contribution is 2.13. The fourth-order valence-electron chi connectivity index (χ4n) is 1.19. The van der Waals surface area contributed by atoms with Crippen molar-refractivity contribution in [2.24, 2.45) is 0 Å². The fraction of sp³-hybridized carbons (Fsp3) is 0.364. The van der Waals surface area contributed by atoms with Crippen molar-refractivity contribution in [2.75, 3.05) is 18.9 Å². The average molecular weight is 242 g/mol. The zero-order chi connectivity index (χ0) is 13.1. The fourth-order valence-corrected chi connectivity index (χ4v) is 1.19. The summed E-state index contributed by atoms with van der Waals surface area (Å²) in [4.78, 5) is 11.7. The zero-order valence-corrected chi connectivity index (χ0v) is 9.40. The smallest absolute Gasteiger partial charge is 0.254 e. The van der Waals surface area contributed by atoms with Gasteiger partial charge >= 0.3 is 0 Å². The summed E-state index contributed by atoms with van der Waals surface area (Å²) in [6, 6.07) is 3.67. The van der Waals surface area contributed by atoms with Crippen molar-refractivity contribution in [3.63, 3.8) is 0 Å². The van der Waals surface area contributed by atoms with Crippen LogP contribution in [0.2, 0.25) is 0 Å². The molecule has 6 heteroatoms. The molecule has 1 aromatic rings. The molecule has 0 aromatic heterocycles.